The van der Waals surface area contributed by atoms with Crippen LogP contribution in [0.4, 0.5) is 0 Å². The van der Waals surface area contributed by atoms with Crippen LogP contribution in [0, 0.1) is 23.8 Å². The summed E-state index contributed by atoms with van der Waals surface area (Å²) in [5.41, 5.74) is 7.36. The van der Waals surface area contributed by atoms with Gasteiger partial charge in [-0.1, -0.05) is 143 Å². The molecule has 3 aromatic carbocycles. The van der Waals surface area contributed by atoms with Crippen molar-refractivity contribution >= 4 is 29.9 Å². The van der Waals surface area contributed by atoms with Gasteiger partial charge in [-0.05, 0) is 28.3 Å². The Morgan fingerprint density at radius 2 is 1.42 bits per heavy atom. The fraction of sp³-hybridized carbons (Fsp3) is 0.400. The van der Waals surface area contributed by atoms with Gasteiger partial charge in [0.2, 0.25) is 0 Å². The van der Waals surface area contributed by atoms with Crippen LogP contribution in [0.1, 0.15) is 73.4 Å². The molecule has 4 aromatic rings. The maximum absolute atomic E-state index is 11.5. The molecule has 0 bridgehead atoms. The number of hydrogen-bond acceptors (Lipinski definition) is 3. The van der Waals surface area contributed by atoms with E-state index >= 15 is 0 Å². The quantitative estimate of drug-likeness (QED) is 0.0968. The molecule has 0 atom stereocenters. The number of aliphatic hydroxyl groups excluding tert-OH is 1. The maximum Gasteiger partial charge on any atom is 0.164 e. The molecule has 0 fully saturated rings. The fourth-order valence-corrected chi connectivity index (χ4v) is 5.69. The normalized spacial score (nSPS) is 12.7. The van der Waals surface area contributed by atoms with E-state index in [-0.39, 0.29) is 42.5 Å². The molecule has 243 valence electrons. The number of carbonyl (C=O) groups is 1. The number of fused-ring (bicyclic) bond motifs is 1. The molecule has 1 radical (unpaired) electrons. The first-order valence-corrected chi connectivity index (χ1v) is 19.1. The monoisotopic (exact) mass is 799 g/mol. The van der Waals surface area contributed by atoms with Crippen LogP contribution in [0.5, 0.6) is 0 Å². The number of aryl methyl sites for hydroxylation is 1. The minimum Gasteiger partial charge on any atom is -0.512 e. The van der Waals surface area contributed by atoms with Crippen LogP contribution < -0.4 is 5.19 Å². The molecule has 0 saturated carbocycles. The van der Waals surface area contributed by atoms with Crippen LogP contribution in [0.25, 0.3) is 33.3 Å². The molecule has 0 amide bonds. The second-order valence-corrected chi connectivity index (χ2v) is 21.1. The molecule has 45 heavy (non-hydrogen) atoms. The van der Waals surface area contributed by atoms with Crippen molar-refractivity contribution in [1.82, 2.24) is 4.98 Å². The molecule has 4 rings (SSSR count). The Kier molecular flexibility index (Phi) is 12.2. The summed E-state index contributed by atoms with van der Waals surface area (Å²) in [5, 5.41) is 12.3. The van der Waals surface area contributed by atoms with Crippen LogP contribution in [0.2, 0.25) is 19.6 Å². The molecule has 1 heterocycles. The van der Waals surface area contributed by atoms with E-state index in [4.69, 9.17) is 4.98 Å². The minimum atomic E-state index is -1.42. The van der Waals surface area contributed by atoms with Gasteiger partial charge in [0, 0.05) is 42.4 Å². The number of aliphatic hydroxyl groups is 1. The van der Waals surface area contributed by atoms with Crippen LogP contribution in [-0.4, -0.2) is 23.9 Å². The van der Waals surface area contributed by atoms with Crippen molar-refractivity contribution in [3.8, 4) is 22.4 Å². The van der Waals surface area contributed by atoms with Crippen molar-refractivity contribution in [2.75, 3.05) is 0 Å². The SMILES string of the molecule is CC(C)(C)C(=O)/C=C(\O)C(C)(C)C.Cc1[c-]c(-c2cc(-c3ccccc3)c3cc([Si](C)(C)C)ccc3n2)cc(C(C)(C)C)c1.[Ir]. The summed E-state index contributed by atoms with van der Waals surface area (Å²) in [6.45, 7) is 27.2. The number of allylic oxidation sites excluding steroid dienone is 2. The number of pyridine rings is 1. The molecule has 5 heteroatoms. The zero-order chi connectivity index (χ0) is 33.3. The topological polar surface area (TPSA) is 50.2 Å². The van der Waals surface area contributed by atoms with Crippen molar-refractivity contribution in [1.29, 1.82) is 0 Å². The van der Waals surface area contributed by atoms with Gasteiger partial charge in [-0.25, -0.2) is 0 Å². The summed E-state index contributed by atoms with van der Waals surface area (Å²) < 4.78 is 0. The molecule has 0 saturated heterocycles. The first-order valence-electron chi connectivity index (χ1n) is 15.6. The van der Waals surface area contributed by atoms with Crippen LogP contribution in [0.15, 0.2) is 78.6 Å². The van der Waals surface area contributed by atoms with E-state index in [2.05, 4.69) is 120 Å². The Morgan fingerprint density at radius 3 is 1.93 bits per heavy atom. The first kappa shape index (κ1) is 38.3. The molecule has 0 spiro atoms. The van der Waals surface area contributed by atoms with E-state index in [0.29, 0.717) is 0 Å². The van der Waals surface area contributed by atoms with Crippen molar-refractivity contribution < 1.29 is 30.0 Å². The van der Waals surface area contributed by atoms with Gasteiger partial charge in [0.25, 0.3) is 0 Å². The summed E-state index contributed by atoms with van der Waals surface area (Å²) in [4.78, 5) is 16.6. The van der Waals surface area contributed by atoms with Gasteiger partial charge in [-0.3, -0.25) is 9.78 Å². The molecular weight excluding hydrogens is 747 g/mol. The number of ketones is 1. The second-order valence-electron chi connectivity index (χ2n) is 16.0. The average Bonchev–Trinajstić information content (AvgIpc) is 2.90. The molecular formula is C40H52IrNO2Si-. The molecule has 0 unspecified atom stereocenters. The Hall–Kier alpha value is -2.85. The zero-order valence-electron chi connectivity index (χ0n) is 29.6. The number of hydrogen-bond donors (Lipinski definition) is 1. The Morgan fingerprint density at radius 1 is 0.822 bits per heavy atom. The average molecular weight is 799 g/mol. The number of aromatic nitrogens is 1. The van der Waals surface area contributed by atoms with Gasteiger partial charge in [0.1, 0.15) is 5.76 Å². The summed E-state index contributed by atoms with van der Waals surface area (Å²) in [6.07, 6.45) is 1.33. The van der Waals surface area contributed by atoms with Gasteiger partial charge in [0.05, 0.1) is 13.6 Å². The summed E-state index contributed by atoms with van der Waals surface area (Å²) >= 11 is 0. The summed E-state index contributed by atoms with van der Waals surface area (Å²) in [7, 11) is -1.42. The largest absolute Gasteiger partial charge is 0.512 e. The third kappa shape index (κ3) is 10.3. The number of carbonyl (C=O) groups excluding carboxylic acids is 1. The van der Waals surface area contributed by atoms with E-state index in [1.54, 1.807) is 0 Å². The van der Waals surface area contributed by atoms with E-state index in [0.717, 1.165) is 22.3 Å². The predicted molar refractivity (Wildman–Crippen MR) is 192 cm³/mol. The van der Waals surface area contributed by atoms with Gasteiger partial charge < -0.3 is 5.11 Å². The molecule has 1 N–H and O–H groups in total. The maximum atomic E-state index is 11.5. The van der Waals surface area contributed by atoms with Gasteiger partial charge >= 0.3 is 0 Å². The summed E-state index contributed by atoms with van der Waals surface area (Å²) in [6, 6.07) is 27.9. The molecule has 0 aliphatic carbocycles. The smallest absolute Gasteiger partial charge is 0.164 e. The fourth-order valence-electron chi connectivity index (χ4n) is 4.53. The Labute approximate surface area is 287 Å². The van der Waals surface area contributed by atoms with Gasteiger partial charge in [-0.2, -0.15) is 0 Å². The molecule has 0 aliphatic rings. The predicted octanol–water partition coefficient (Wildman–Crippen LogP) is 10.6. The number of rotatable bonds is 4. The standard InChI is InChI=1S/C29H32NSi.C11H20O2.Ir/c1-20-15-22(17-23(16-20)29(2,3)4)28-19-25(21-11-9-8-10-12-21)26-18-24(31(5,6)7)13-14-27(26)30-28;1-10(2,3)8(12)7-9(13)11(4,5)6;/h8-14,16-19H,1-7H3;7,12H,1-6H3;/q-1;;/b;8-7-;. The number of benzene rings is 3. The Bertz CT molecular complexity index is 1660. The van der Waals surface area contributed by atoms with Gasteiger partial charge in [0.15, 0.2) is 5.78 Å². The van der Waals surface area contributed by atoms with E-state index in [1.165, 1.54) is 33.3 Å². The molecule has 0 aliphatic heterocycles. The van der Waals surface area contributed by atoms with Crippen molar-refractivity contribution in [2.45, 2.75) is 94.3 Å². The van der Waals surface area contributed by atoms with Crippen LogP contribution >= 0.6 is 0 Å². The minimum absolute atomic E-state index is 0. The molecule has 3 nitrogen and oxygen atoms in total. The van der Waals surface area contributed by atoms with Crippen molar-refractivity contribution in [3.63, 3.8) is 0 Å². The first-order chi connectivity index (χ1) is 20.1. The van der Waals surface area contributed by atoms with E-state index in [1.807, 2.05) is 41.5 Å². The number of nitrogens with zero attached hydrogens (tertiary/aromatic N) is 1. The summed E-state index contributed by atoms with van der Waals surface area (Å²) in [5.74, 6) is 0.104. The van der Waals surface area contributed by atoms with Crippen LogP contribution in [0.3, 0.4) is 0 Å². The van der Waals surface area contributed by atoms with Crippen molar-refractivity contribution in [2.24, 2.45) is 10.8 Å². The van der Waals surface area contributed by atoms with Crippen molar-refractivity contribution in [3.05, 3.63) is 95.8 Å². The van der Waals surface area contributed by atoms with E-state index < -0.39 is 13.5 Å². The zero-order valence-corrected chi connectivity index (χ0v) is 33.0. The second kappa shape index (κ2) is 14.3. The Balaban J connectivity index is 0.000000430. The third-order valence-electron chi connectivity index (χ3n) is 7.68. The van der Waals surface area contributed by atoms with E-state index in [9.17, 15) is 9.90 Å². The van der Waals surface area contributed by atoms with Crippen LogP contribution in [-0.2, 0) is 30.3 Å². The molecule has 1 aromatic heterocycles. The third-order valence-corrected chi connectivity index (χ3v) is 9.72. The van der Waals surface area contributed by atoms with Gasteiger partial charge in [-0.15, -0.1) is 34.9 Å².